The molecule has 6 N–H and O–H groups in total. The molecule has 218 valence electrons. The summed E-state index contributed by atoms with van der Waals surface area (Å²) in [5.41, 5.74) is 26.7. The molecule has 6 aromatic rings. The third-order valence-corrected chi connectivity index (χ3v) is 8.47. The minimum atomic E-state index is 0.223. The third kappa shape index (κ3) is 5.57. The van der Waals surface area contributed by atoms with Crippen LogP contribution >= 0.6 is 0 Å². The topological polar surface area (TPSA) is 92.5 Å². The molecule has 0 atom stereocenters. The lowest BCUT2D eigenvalue weighted by Gasteiger charge is -2.15. The SMILES string of the molecule is Nc1ccc(-c2ccc(C3=C(c4ccc(O)cc4)C(c4ccc(O)cc4)=C(c4ccc(-c5ccc(N)cc5)cc4)C3)cc2)cc1. The highest BCUT2D eigenvalue weighted by Gasteiger charge is 2.28. The van der Waals surface area contributed by atoms with Gasteiger partial charge in [-0.3, -0.25) is 0 Å². The zero-order valence-electron chi connectivity index (χ0n) is 24.6. The maximum atomic E-state index is 10.1. The zero-order valence-corrected chi connectivity index (χ0v) is 24.6. The van der Waals surface area contributed by atoms with Crippen molar-refractivity contribution < 1.29 is 10.2 Å². The van der Waals surface area contributed by atoms with Crippen LogP contribution in [0.25, 0.3) is 44.5 Å². The van der Waals surface area contributed by atoms with E-state index in [1.807, 2.05) is 72.8 Å². The molecule has 1 aliphatic rings. The lowest BCUT2D eigenvalue weighted by atomic mass is 9.89. The van der Waals surface area contributed by atoms with Gasteiger partial charge in [0.1, 0.15) is 11.5 Å². The summed E-state index contributed by atoms with van der Waals surface area (Å²) in [6.07, 6.45) is 0.717. The Morgan fingerprint density at radius 3 is 0.867 bits per heavy atom. The molecule has 1 aliphatic carbocycles. The lowest BCUT2D eigenvalue weighted by molar-refractivity contribution is 0.474. The molecule has 4 heteroatoms. The summed E-state index contributed by atoms with van der Waals surface area (Å²) in [5.74, 6) is 0.445. The van der Waals surface area contributed by atoms with Crippen molar-refractivity contribution in [2.45, 2.75) is 6.42 Å². The van der Waals surface area contributed by atoms with E-state index < -0.39 is 0 Å². The van der Waals surface area contributed by atoms with Gasteiger partial charge in [0.15, 0.2) is 0 Å². The van der Waals surface area contributed by atoms with Gasteiger partial charge in [-0.25, -0.2) is 0 Å². The highest BCUT2D eigenvalue weighted by atomic mass is 16.3. The number of allylic oxidation sites excluding steroid dienone is 4. The quantitative estimate of drug-likeness (QED) is 0.147. The zero-order chi connectivity index (χ0) is 30.9. The van der Waals surface area contributed by atoms with Crippen LogP contribution in [-0.2, 0) is 0 Å². The van der Waals surface area contributed by atoms with Crippen molar-refractivity contribution in [3.8, 4) is 33.8 Å². The van der Waals surface area contributed by atoms with Crippen molar-refractivity contribution >= 4 is 33.7 Å². The van der Waals surface area contributed by atoms with Crippen LogP contribution in [0.3, 0.4) is 0 Å². The predicted molar refractivity (Wildman–Crippen MR) is 187 cm³/mol. The number of hydrogen-bond acceptors (Lipinski definition) is 4. The Morgan fingerprint density at radius 2 is 0.556 bits per heavy atom. The van der Waals surface area contributed by atoms with Crippen LogP contribution in [0.2, 0.25) is 0 Å². The highest BCUT2D eigenvalue weighted by molar-refractivity contribution is 6.27. The molecule has 4 nitrogen and oxygen atoms in total. The molecular formula is C41H32N2O2. The van der Waals surface area contributed by atoms with Crippen LogP contribution in [-0.4, -0.2) is 10.2 Å². The fourth-order valence-electron chi connectivity index (χ4n) is 6.12. The molecule has 7 rings (SSSR count). The highest BCUT2D eigenvalue weighted by Crippen LogP contribution is 2.52. The van der Waals surface area contributed by atoms with Crippen LogP contribution in [0, 0.1) is 0 Å². The Morgan fingerprint density at radius 1 is 0.311 bits per heavy atom. The van der Waals surface area contributed by atoms with E-state index in [0.29, 0.717) is 0 Å². The van der Waals surface area contributed by atoms with Crippen LogP contribution in [0.5, 0.6) is 11.5 Å². The summed E-state index contributed by atoms with van der Waals surface area (Å²) < 4.78 is 0. The molecule has 0 saturated carbocycles. The number of aromatic hydroxyl groups is 2. The molecule has 6 aromatic carbocycles. The summed E-state index contributed by atoms with van der Waals surface area (Å²) in [4.78, 5) is 0. The summed E-state index contributed by atoms with van der Waals surface area (Å²) in [5, 5.41) is 20.3. The first kappa shape index (κ1) is 27.8. The molecule has 0 bridgehead atoms. The molecule has 0 amide bonds. The first-order valence-electron chi connectivity index (χ1n) is 14.9. The molecule has 0 radical (unpaired) electrons. The molecule has 45 heavy (non-hydrogen) atoms. The first-order valence-corrected chi connectivity index (χ1v) is 14.9. The number of rotatable bonds is 6. The first-order chi connectivity index (χ1) is 21.9. The molecule has 0 unspecified atom stereocenters. The Bertz CT molecular complexity index is 1880. The fourth-order valence-corrected chi connectivity index (χ4v) is 6.12. The number of hydrogen-bond donors (Lipinski definition) is 4. The van der Waals surface area contributed by atoms with Gasteiger partial charge >= 0.3 is 0 Å². The number of phenolic OH excluding ortho intramolecular Hbond substituents is 2. The molecule has 0 aliphatic heterocycles. The average molecular weight is 585 g/mol. The smallest absolute Gasteiger partial charge is 0.115 e. The van der Waals surface area contributed by atoms with Crippen molar-refractivity contribution in [1.82, 2.24) is 0 Å². The summed E-state index contributed by atoms with van der Waals surface area (Å²) >= 11 is 0. The molecule has 0 saturated heterocycles. The normalized spacial score (nSPS) is 13.0. The van der Waals surface area contributed by atoms with Gasteiger partial charge in [0.25, 0.3) is 0 Å². The predicted octanol–water partition coefficient (Wildman–Crippen LogP) is 9.52. The Labute approximate surface area is 262 Å². The summed E-state index contributed by atoms with van der Waals surface area (Å²) in [7, 11) is 0. The Balaban J connectivity index is 1.38. The summed E-state index contributed by atoms with van der Waals surface area (Å²) in [6.45, 7) is 0. The van der Waals surface area contributed by atoms with Crippen molar-refractivity contribution in [3.05, 3.63) is 168 Å². The van der Waals surface area contributed by atoms with Crippen molar-refractivity contribution in [1.29, 1.82) is 0 Å². The number of nitrogens with two attached hydrogens (primary N) is 2. The van der Waals surface area contributed by atoms with Crippen LogP contribution in [0.15, 0.2) is 146 Å². The Hall–Kier alpha value is -6.00. The van der Waals surface area contributed by atoms with E-state index in [0.717, 1.165) is 73.4 Å². The van der Waals surface area contributed by atoms with Gasteiger partial charge in [-0.2, -0.15) is 0 Å². The van der Waals surface area contributed by atoms with Crippen LogP contribution < -0.4 is 11.5 Å². The van der Waals surface area contributed by atoms with Crippen molar-refractivity contribution in [2.24, 2.45) is 0 Å². The fraction of sp³-hybridized carbons (Fsp3) is 0.0244. The van der Waals surface area contributed by atoms with Gasteiger partial charge in [-0.1, -0.05) is 97.1 Å². The van der Waals surface area contributed by atoms with Gasteiger partial charge in [-0.15, -0.1) is 0 Å². The van der Waals surface area contributed by atoms with E-state index in [-0.39, 0.29) is 11.5 Å². The monoisotopic (exact) mass is 584 g/mol. The third-order valence-electron chi connectivity index (χ3n) is 8.47. The molecule has 0 aromatic heterocycles. The van der Waals surface area contributed by atoms with Crippen molar-refractivity contribution in [2.75, 3.05) is 11.5 Å². The van der Waals surface area contributed by atoms with Crippen LogP contribution in [0.1, 0.15) is 28.7 Å². The minimum Gasteiger partial charge on any atom is -0.508 e. The van der Waals surface area contributed by atoms with Gasteiger partial charge < -0.3 is 21.7 Å². The molecule has 0 fully saturated rings. The van der Waals surface area contributed by atoms with Gasteiger partial charge in [-0.05, 0) is 122 Å². The maximum absolute atomic E-state index is 10.1. The standard InChI is InChI=1S/C41H32N2O2/c42-34-17-9-28(10-18-34)26-1-5-30(6-2-26)38-25-39(31-7-3-27(4-8-31)29-11-19-35(43)20-12-29)41(33-15-23-37(45)24-16-33)40(38)32-13-21-36(44)22-14-32/h1-24,44-45H,25,42-43H2. The van der Waals surface area contributed by atoms with E-state index in [9.17, 15) is 10.2 Å². The van der Waals surface area contributed by atoms with E-state index in [1.165, 1.54) is 11.1 Å². The number of phenols is 2. The van der Waals surface area contributed by atoms with Crippen LogP contribution in [0.4, 0.5) is 11.4 Å². The van der Waals surface area contributed by atoms with E-state index in [4.69, 9.17) is 11.5 Å². The van der Waals surface area contributed by atoms with Gasteiger partial charge in [0.2, 0.25) is 0 Å². The molecule has 0 heterocycles. The number of benzene rings is 6. The molecule has 0 spiro atoms. The van der Waals surface area contributed by atoms with E-state index in [1.54, 1.807) is 24.3 Å². The van der Waals surface area contributed by atoms with E-state index >= 15 is 0 Å². The second-order valence-corrected chi connectivity index (χ2v) is 11.4. The maximum Gasteiger partial charge on any atom is 0.115 e. The average Bonchev–Trinajstić information content (AvgIpc) is 3.47. The largest absolute Gasteiger partial charge is 0.508 e. The van der Waals surface area contributed by atoms with E-state index in [2.05, 4.69) is 48.5 Å². The lowest BCUT2D eigenvalue weighted by Crippen LogP contribution is -1.92. The summed E-state index contributed by atoms with van der Waals surface area (Å²) in [6, 6.07) is 48.0. The second kappa shape index (κ2) is 11.6. The molecular weight excluding hydrogens is 552 g/mol. The number of nitrogen functional groups attached to an aromatic ring is 2. The van der Waals surface area contributed by atoms with Gasteiger partial charge in [0, 0.05) is 11.4 Å². The van der Waals surface area contributed by atoms with Crippen molar-refractivity contribution in [3.63, 3.8) is 0 Å². The second-order valence-electron chi connectivity index (χ2n) is 11.4. The van der Waals surface area contributed by atoms with Gasteiger partial charge in [0.05, 0.1) is 0 Å². The minimum absolute atomic E-state index is 0.223. The Kier molecular flexibility index (Phi) is 7.16. The number of anilines is 2.